The highest BCUT2D eigenvalue weighted by molar-refractivity contribution is 5.90. The molecule has 1 unspecified atom stereocenters. The molecule has 0 aliphatic rings. The van der Waals surface area contributed by atoms with Crippen LogP contribution in [0.1, 0.15) is 29.8 Å². The highest BCUT2D eigenvalue weighted by Crippen LogP contribution is 2.02. The van der Waals surface area contributed by atoms with E-state index in [1.54, 1.807) is 13.8 Å². The minimum absolute atomic E-state index is 0.0512. The summed E-state index contributed by atoms with van der Waals surface area (Å²) in [7, 11) is 0. The van der Waals surface area contributed by atoms with E-state index in [1.807, 2.05) is 0 Å². The molecule has 1 heterocycles. The molecular weight excluding hydrogens is 200 g/mol. The number of hydrogen-bond acceptors (Lipinski definition) is 4. The molecule has 0 aliphatic carbocycles. The zero-order valence-electron chi connectivity index (χ0n) is 8.48. The molecule has 6 heteroatoms. The normalized spacial score (nSPS) is 12.1. The molecule has 0 radical (unpaired) electrons. The van der Waals surface area contributed by atoms with E-state index >= 15 is 0 Å². The van der Waals surface area contributed by atoms with Gasteiger partial charge in [-0.25, -0.2) is 4.98 Å². The lowest BCUT2D eigenvalue weighted by Gasteiger charge is -2.08. The van der Waals surface area contributed by atoms with Crippen molar-refractivity contribution in [1.82, 2.24) is 10.3 Å². The van der Waals surface area contributed by atoms with Crippen molar-refractivity contribution in [2.75, 3.05) is 0 Å². The van der Waals surface area contributed by atoms with Gasteiger partial charge in [-0.3, -0.25) is 9.59 Å². The Bertz CT molecular complexity index is 372. The number of aromatic nitrogens is 1. The van der Waals surface area contributed by atoms with Gasteiger partial charge in [0.25, 0.3) is 5.89 Å². The maximum Gasteiger partial charge on any atom is 0.307 e. The van der Waals surface area contributed by atoms with Crippen LogP contribution in [0.5, 0.6) is 0 Å². The number of aliphatic carboxylic acids is 1. The van der Waals surface area contributed by atoms with Crippen molar-refractivity contribution in [2.24, 2.45) is 0 Å². The fourth-order valence-corrected chi connectivity index (χ4v) is 1.06. The van der Waals surface area contributed by atoms with Gasteiger partial charge in [-0.1, -0.05) is 0 Å². The smallest absolute Gasteiger partial charge is 0.307 e. The van der Waals surface area contributed by atoms with E-state index in [4.69, 9.17) is 9.52 Å². The van der Waals surface area contributed by atoms with Crippen LogP contribution < -0.4 is 5.32 Å². The molecule has 1 rings (SSSR count). The summed E-state index contributed by atoms with van der Waals surface area (Å²) in [6, 6.07) is -0.456. The van der Waals surface area contributed by atoms with Crippen molar-refractivity contribution in [3.63, 3.8) is 0 Å². The first-order chi connectivity index (χ1) is 6.99. The Hall–Kier alpha value is -1.85. The van der Waals surface area contributed by atoms with Crippen LogP contribution in [0, 0.1) is 6.92 Å². The molecule has 1 atom stereocenters. The molecule has 2 N–H and O–H groups in total. The second-order valence-electron chi connectivity index (χ2n) is 3.25. The molecule has 0 fully saturated rings. The fourth-order valence-electron chi connectivity index (χ4n) is 1.06. The third-order valence-electron chi connectivity index (χ3n) is 1.67. The zero-order chi connectivity index (χ0) is 11.4. The summed E-state index contributed by atoms with van der Waals surface area (Å²) < 4.78 is 4.98. The molecule has 15 heavy (non-hydrogen) atoms. The van der Waals surface area contributed by atoms with Crippen molar-refractivity contribution in [1.29, 1.82) is 0 Å². The molecule has 0 saturated heterocycles. The van der Waals surface area contributed by atoms with Gasteiger partial charge in [0.1, 0.15) is 5.76 Å². The van der Waals surface area contributed by atoms with Crippen LogP contribution in [-0.2, 0) is 4.79 Å². The van der Waals surface area contributed by atoms with Gasteiger partial charge < -0.3 is 14.8 Å². The number of carbonyl (C=O) groups is 2. The van der Waals surface area contributed by atoms with Gasteiger partial charge in [-0.15, -0.1) is 0 Å². The number of oxazole rings is 1. The number of rotatable bonds is 4. The standard InChI is InChI=1S/C9H12N2O4/c1-5(3-7(12)13)11-8(14)9-10-4-6(2)15-9/h4-5H,3H2,1-2H3,(H,11,14)(H,12,13). The summed E-state index contributed by atoms with van der Waals surface area (Å²) in [5, 5.41) is 10.9. The maximum absolute atomic E-state index is 11.4. The third-order valence-corrected chi connectivity index (χ3v) is 1.67. The first-order valence-corrected chi connectivity index (χ1v) is 4.44. The van der Waals surface area contributed by atoms with E-state index in [9.17, 15) is 9.59 Å². The Kier molecular flexibility index (Phi) is 3.43. The van der Waals surface area contributed by atoms with Crippen LogP contribution in [0.2, 0.25) is 0 Å². The highest BCUT2D eigenvalue weighted by atomic mass is 16.4. The summed E-state index contributed by atoms with van der Waals surface area (Å²) >= 11 is 0. The monoisotopic (exact) mass is 212 g/mol. The van der Waals surface area contributed by atoms with Gasteiger partial charge in [0.05, 0.1) is 12.6 Å². The largest absolute Gasteiger partial charge is 0.481 e. The molecule has 0 saturated carbocycles. The quantitative estimate of drug-likeness (QED) is 0.761. The van der Waals surface area contributed by atoms with Crippen molar-refractivity contribution >= 4 is 11.9 Å². The Balaban J connectivity index is 2.52. The van der Waals surface area contributed by atoms with Crippen LogP contribution in [-0.4, -0.2) is 28.0 Å². The molecule has 1 aromatic rings. The first kappa shape index (κ1) is 11.2. The zero-order valence-corrected chi connectivity index (χ0v) is 8.48. The van der Waals surface area contributed by atoms with Crippen molar-refractivity contribution in [2.45, 2.75) is 26.3 Å². The summed E-state index contributed by atoms with van der Waals surface area (Å²) in [5.74, 6) is -0.987. The van der Waals surface area contributed by atoms with Crippen LogP contribution in [0.15, 0.2) is 10.6 Å². The lowest BCUT2D eigenvalue weighted by Crippen LogP contribution is -2.34. The third kappa shape index (κ3) is 3.41. The number of hydrogen-bond donors (Lipinski definition) is 2. The van der Waals surface area contributed by atoms with Crippen molar-refractivity contribution in [3.05, 3.63) is 17.8 Å². The molecule has 0 bridgehead atoms. The molecule has 1 amide bonds. The van der Waals surface area contributed by atoms with E-state index in [1.165, 1.54) is 6.20 Å². The lowest BCUT2D eigenvalue weighted by molar-refractivity contribution is -0.137. The van der Waals surface area contributed by atoms with E-state index in [0.717, 1.165) is 0 Å². The number of nitrogens with zero attached hydrogens (tertiary/aromatic N) is 1. The Labute approximate surface area is 86.3 Å². The molecule has 0 spiro atoms. The van der Waals surface area contributed by atoms with E-state index in [0.29, 0.717) is 5.76 Å². The second-order valence-corrected chi connectivity index (χ2v) is 3.25. The maximum atomic E-state index is 11.4. The summed E-state index contributed by atoms with van der Waals surface area (Å²) in [5.41, 5.74) is 0. The topological polar surface area (TPSA) is 92.4 Å². The van der Waals surface area contributed by atoms with Gasteiger partial charge in [0.2, 0.25) is 0 Å². The summed E-state index contributed by atoms with van der Waals surface area (Å²) in [6.45, 7) is 3.27. The lowest BCUT2D eigenvalue weighted by atomic mass is 10.2. The number of nitrogens with one attached hydrogen (secondary N) is 1. The number of amides is 1. The molecule has 1 aromatic heterocycles. The van der Waals surface area contributed by atoms with E-state index < -0.39 is 17.9 Å². The van der Waals surface area contributed by atoms with Crippen LogP contribution >= 0.6 is 0 Å². The molecular formula is C9H12N2O4. The SMILES string of the molecule is Cc1cnc(C(=O)NC(C)CC(=O)O)o1. The van der Waals surface area contributed by atoms with Crippen molar-refractivity contribution in [3.8, 4) is 0 Å². The second kappa shape index (κ2) is 4.59. The fraction of sp³-hybridized carbons (Fsp3) is 0.444. The number of aryl methyl sites for hydroxylation is 1. The van der Waals surface area contributed by atoms with Crippen LogP contribution in [0.3, 0.4) is 0 Å². The summed E-state index contributed by atoms with van der Waals surface area (Å²) in [6.07, 6.45) is 1.29. The predicted octanol–water partition coefficient (Wildman–Crippen LogP) is 0.576. The molecule has 82 valence electrons. The first-order valence-electron chi connectivity index (χ1n) is 4.44. The molecule has 0 aliphatic heterocycles. The Morgan fingerprint density at radius 3 is 2.80 bits per heavy atom. The van der Waals surface area contributed by atoms with Gasteiger partial charge in [0.15, 0.2) is 0 Å². The van der Waals surface area contributed by atoms with Crippen LogP contribution in [0.4, 0.5) is 0 Å². The number of carboxylic acids is 1. The predicted molar refractivity (Wildman–Crippen MR) is 50.4 cm³/mol. The van der Waals surface area contributed by atoms with Gasteiger partial charge in [-0.2, -0.15) is 0 Å². The molecule has 6 nitrogen and oxygen atoms in total. The minimum Gasteiger partial charge on any atom is -0.481 e. The van der Waals surface area contributed by atoms with E-state index in [2.05, 4.69) is 10.3 Å². The molecule has 0 aromatic carbocycles. The van der Waals surface area contributed by atoms with Gasteiger partial charge in [-0.05, 0) is 13.8 Å². The number of carbonyl (C=O) groups excluding carboxylic acids is 1. The van der Waals surface area contributed by atoms with Crippen LogP contribution in [0.25, 0.3) is 0 Å². The van der Waals surface area contributed by atoms with E-state index in [-0.39, 0.29) is 12.3 Å². The Morgan fingerprint density at radius 1 is 1.67 bits per heavy atom. The van der Waals surface area contributed by atoms with Crippen molar-refractivity contribution < 1.29 is 19.1 Å². The Morgan fingerprint density at radius 2 is 2.33 bits per heavy atom. The number of carboxylic acid groups (broad SMARTS) is 1. The van der Waals surface area contributed by atoms with Gasteiger partial charge >= 0.3 is 11.9 Å². The average molecular weight is 212 g/mol. The average Bonchev–Trinajstić information content (AvgIpc) is 2.49. The van der Waals surface area contributed by atoms with Gasteiger partial charge in [0, 0.05) is 6.04 Å². The highest BCUT2D eigenvalue weighted by Gasteiger charge is 2.16. The minimum atomic E-state index is -0.966. The summed E-state index contributed by atoms with van der Waals surface area (Å²) in [4.78, 5) is 25.5.